The monoisotopic (exact) mass is 763 g/mol. The van der Waals surface area contributed by atoms with Crippen LogP contribution in [-0.4, -0.2) is 60.6 Å². The van der Waals surface area contributed by atoms with Crippen molar-refractivity contribution in [1.82, 2.24) is 24.1 Å². The molecule has 0 spiro atoms. The molecular weight excluding hydrogens is 718 g/mol. The number of nitrogens with zero attached hydrogens (tertiary/aromatic N) is 5. The molecule has 10 heteroatoms. The van der Waals surface area contributed by atoms with Crippen LogP contribution in [0, 0.1) is 5.92 Å². The van der Waals surface area contributed by atoms with Gasteiger partial charge in [0.05, 0.1) is 27.8 Å². The Morgan fingerprint density at radius 2 is 1.44 bits per heavy atom. The van der Waals surface area contributed by atoms with Gasteiger partial charge in [-0.05, 0) is 70.0 Å². The van der Waals surface area contributed by atoms with Crippen molar-refractivity contribution in [1.29, 1.82) is 0 Å². The highest BCUT2D eigenvalue weighted by molar-refractivity contribution is 6.35. The molecule has 2 aliphatic carbocycles. The van der Waals surface area contributed by atoms with Gasteiger partial charge in [-0.1, -0.05) is 130 Å². The van der Waals surface area contributed by atoms with Crippen molar-refractivity contribution in [3.05, 3.63) is 174 Å². The predicted octanol–water partition coefficient (Wildman–Crippen LogP) is 8.02. The molecule has 4 atom stereocenters. The van der Waals surface area contributed by atoms with E-state index in [0.717, 1.165) is 66.8 Å². The summed E-state index contributed by atoms with van der Waals surface area (Å²) in [6.07, 6.45) is 7.80. The van der Waals surface area contributed by atoms with Crippen LogP contribution in [0.1, 0.15) is 42.5 Å². The van der Waals surface area contributed by atoms with E-state index in [0.29, 0.717) is 23.5 Å². The third-order valence-electron chi connectivity index (χ3n) is 13.6. The van der Waals surface area contributed by atoms with Gasteiger partial charge in [-0.3, -0.25) is 4.57 Å². The molecule has 10 rings (SSSR count). The average molecular weight is 763 g/mol. The molecule has 59 heavy (non-hydrogen) atoms. The number of para-hydroxylation sites is 3. The Bertz CT molecular complexity index is 3120. The van der Waals surface area contributed by atoms with Crippen LogP contribution in [0.5, 0.6) is 0 Å². The Labute approximate surface area is 348 Å². The summed E-state index contributed by atoms with van der Waals surface area (Å²) in [5, 5.41) is 15.3. The molecule has 1 N–H and O–H groups in total. The molecule has 4 unspecified atom stereocenters. The number of fused-ring (bicyclic) bond motifs is 10. The lowest BCUT2D eigenvalue weighted by atomic mass is 9.59. The Morgan fingerprint density at radius 3 is 2.19 bits per heavy atom. The number of aliphatic hydroxyl groups excluding tert-OH is 1. The number of hydrogen-bond acceptors (Lipinski definition) is 4. The summed E-state index contributed by atoms with van der Waals surface area (Å²) in [4.78, 5) is 16.4. The van der Waals surface area contributed by atoms with E-state index < -0.39 is 0 Å². The van der Waals surface area contributed by atoms with Crippen LogP contribution in [-0.2, 0) is 5.41 Å². The van der Waals surface area contributed by atoms with Crippen LogP contribution in [0.25, 0.3) is 66.4 Å². The fourth-order valence-corrected chi connectivity index (χ4v) is 10.2. The first-order valence-electron chi connectivity index (χ1n) is 20.9. The van der Waals surface area contributed by atoms with Gasteiger partial charge in [-0.15, -0.1) is 5.47 Å². The van der Waals surface area contributed by atoms with Crippen molar-refractivity contribution in [2.75, 3.05) is 0 Å². The number of aliphatic hydroxyl groups is 1. The van der Waals surface area contributed by atoms with Crippen molar-refractivity contribution in [3.8, 4) is 11.6 Å². The number of aromatic nitrogens is 5. The summed E-state index contributed by atoms with van der Waals surface area (Å²) in [6.45, 7) is 8.67. The number of rotatable bonds is 8. The summed E-state index contributed by atoms with van der Waals surface area (Å²) >= 11 is 0. The van der Waals surface area contributed by atoms with E-state index in [9.17, 15) is 5.11 Å². The molecule has 0 fully saturated rings. The minimum Gasteiger partial charge on any atom is -0.513 e. The number of hydrogen-bond donors (Lipinski definition) is 1. The third-order valence-corrected chi connectivity index (χ3v) is 13.6. The van der Waals surface area contributed by atoms with Crippen LogP contribution in [0.2, 0.25) is 18.0 Å². The minimum atomic E-state index is -0.209. The zero-order chi connectivity index (χ0) is 40.7. The number of allylic oxidation sites excluding steroid dienone is 7. The van der Waals surface area contributed by atoms with E-state index in [2.05, 4.69) is 187 Å². The van der Waals surface area contributed by atoms with Gasteiger partial charge in [0.2, 0.25) is 5.95 Å². The van der Waals surface area contributed by atoms with Gasteiger partial charge >= 0.3 is 0 Å². The van der Waals surface area contributed by atoms with Gasteiger partial charge in [0.25, 0.3) is 0 Å². The minimum absolute atomic E-state index is 0.00507. The van der Waals surface area contributed by atoms with Gasteiger partial charge < -0.3 is 9.67 Å². The Balaban J connectivity index is 1.30. The molecule has 0 saturated heterocycles. The SMILES string of the molecule is BC/C(B)=C(/c1nc(C2=CC3c4ccccc4C(C)(C)C3C=C2)nc(-n2c3ccccc3c3ccc4c(c5ccccc5n4-c4ccccc4)c32)n1)C(B)C(B)C(=C)O. The summed E-state index contributed by atoms with van der Waals surface area (Å²) in [6, 6.07) is 41.3. The largest absolute Gasteiger partial charge is 0.513 e. The van der Waals surface area contributed by atoms with Gasteiger partial charge in [0, 0.05) is 38.7 Å². The Hall–Kier alpha value is -6.27. The predicted molar refractivity (Wildman–Crippen MR) is 256 cm³/mol. The van der Waals surface area contributed by atoms with Crippen molar-refractivity contribution in [2.45, 2.75) is 43.1 Å². The average Bonchev–Trinajstić information content (AvgIpc) is 3.86. The second kappa shape index (κ2) is 13.9. The van der Waals surface area contributed by atoms with Gasteiger partial charge in [-0.25, -0.2) is 4.98 Å². The van der Waals surface area contributed by atoms with E-state index in [1.807, 2.05) is 7.85 Å². The van der Waals surface area contributed by atoms with E-state index in [4.69, 9.17) is 15.0 Å². The summed E-state index contributed by atoms with van der Waals surface area (Å²) in [7, 11) is 8.50. The summed E-state index contributed by atoms with van der Waals surface area (Å²) < 4.78 is 4.63. The topological polar surface area (TPSA) is 68.8 Å². The maximum Gasteiger partial charge on any atom is 0.238 e. The molecule has 3 heterocycles. The molecule has 2 aliphatic rings. The van der Waals surface area contributed by atoms with Crippen molar-refractivity contribution >= 4 is 86.1 Å². The highest BCUT2D eigenvalue weighted by Crippen LogP contribution is 2.54. The molecule has 3 aromatic heterocycles. The molecule has 0 amide bonds. The highest BCUT2D eigenvalue weighted by atomic mass is 16.3. The van der Waals surface area contributed by atoms with E-state index >= 15 is 0 Å². The molecule has 5 aromatic carbocycles. The zero-order valence-corrected chi connectivity index (χ0v) is 34.6. The Morgan fingerprint density at radius 1 is 0.763 bits per heavy atom. The van der Waals surface area contributed by atoms with Crippen LogP contribution < -0.4 is 0 Å². The van der Waals surface area contributed by atoms with Crippen molar-refractivity contribution in [3.63, 3.8) is 0 Å². The number of benzene rings is 5. The normalized spacial score (nSPS) is 18.4. The molecule has 8 aromatic rings. The lowest BCUT2D eigenvalue weighted by Gasteiger charge is -2.30. The molecule has 0 radical (unpaired) electrons. The molecular formula is C49H45B4N5O. The van der Waals surface area contributed by atoms with E-state index in [1.165, 1.54) is 16.6 Å². The molecule has 6 nitrogen and oxygen atoms in total. The second-order valence-corrected chi connectivity index (χ2v) is 17.1. The molecule has 284 valence electrons. The molecule has 0 bridgehead atoms. The summed E-state index contributed by atoms with van der Waals surface area (Å²) in [5.41, 5.74) is 11.4. The molecule has 0 aliphatic heterocycles. The first-order chi connectivity index (χ1) is 28.6. The smallest absolute Gasteiger partial charge is 0.238 e. The van der Waals surface area contributed by atoms with Crippen LogP contribution in [0.3, 0.4) is 0 Å². The standard InChI is InChI=1S/C49H45B4N5O/c1-27(59)43(52)44(53)42(37(51)26-50)47-54-46(28-21-23-36-34(25-28)30-15-7-10-18-35(30)49(36,2)3)55-48(56-47)58-38-19-11-8-16-31(38)32-22-24-40-41(45(32)58)33-17-9-12-20-39(33)57(40)29-13-5-4-6-14-29/h4-25,34,36,43-44,59H,1,26,50-53H2,2-3H3/b42-37-. The van der Waals surface area contributed by atoms with Gasteiger partial charge in [0.15, 0.2) is 11.6 Å². The first-order valence-corrected chi connectivity index (χ1v) is 20.9. The van der Waals surface area contributed by atoms with Crippen LogP contribution >= 0.6 is 0 Å². The molecule has 0 saturated carbocycles. The van der Waals surface area contributed by atoms with Crippen LogP contribution in [0.4, 0.5) is 0 Å². The fraction of sp³-hybridized carbons (Fsp3) is 0.163. The maximum absolute atomic E-state index is 10.7. The van der Waals surface area contributed by atoms with Crippen molar-refractivity contribution in [2.24, 2.45) is 5.92 Å². The van der Waals surface area contributed by atoms with E-state index in [1.54, 1.807) is 0 Å². The zero-order valence-electron chi connectivity index (χ0n) is 34.6. The first kappa shape index (κ1) is 37.0. The lowest BCUT2D eigenvalue weighted by Crippen LogP contribution is -2.25. The van der Waals surface area contributed by atoms with E-state index in [-0.39, 0.29) is 28.7 Å². The summed E-state index contributed by atoms with van der Waals surface area (Å²) in [5.74, 6) is 2.18. The quantitative estimate of drug-likeness (QED) is 0.126. The third kappa shape index (κ3) is 5.63. The Kier molecular flexibility index (Phi) is 8.75. The van der Waals surface area contributed by atoms with Crippen LogP contribution in [0.15, 0.2) is 151 Å². The van der Waals surface area contributed by atoms with Crippen molar-refractivity contribution < 1.29 is 5.11 Å². The lowest BCUT2D eigenvalue weighted by molar-refractivity contribution is 0.393. The fourth-order valence-electron chi connectivity index (χ4n) is 10.2. The van der Waals surface area contributed by atoms with Gasteiger partial charge in [-0.2, -0.15) is 9.97 Å². The maximum atomic E-state index is 10.7. The second-order valence-electron chi connectivity index (χ2n) is 17.1. The van der Waals surface area contributed by atoms with Gasteiger partial charge in [0.1, 0.15) is 31.4 Å². The highest BCUT2D eigenvalue weighted by Gasteiger charge is 2.45.